The summed E-state index contributed by atoms with van der Waals surface area (Å²) in [5, 5.41) is 0. The normalized spacial score (nSPS) is 17.7. The maximum absolute atomic E-state index is 6.79. The molecule has 1 nitrogen and oxygen atoms in total. The molecule has 0 heterocycles. The lowest BCUT2D eigenvalue weighted by Gasteiger charge is -2.35. The maximum atomic E-state index is 6.79. The van der Waals surface area contributed by atoms with E-state index in [-0.39, 0.29) is 5.54 Å². The number of rotatable bonds is 13. The van der Waals surface area contributed by atoms with Gasteiger partial charge in [0.2, 0.25) is 0 Å². The van der Waals surface area contributed by atoms with Gasteiger partial charge in [0.15, 0.2) is 0 Å². The minimum atomic E-state index is 0.0861. The zero-order chi connectivity index (χ0) is 15.4. The Labute approximate surface area is 129 Å². The Morgan fingerprint density at radius 2 is 1.15 bits per heavy atom. The van der Waals surface area contributed by atoms with E-state index in [9.17, 15) is 0 Å². The highest BCUT2D eigenvalue weighted by Crippen LogP contribution is 2.32. The molecule has 2 atom stereocenters. The molecule has 0 aliphatic heterocycles. The second-order valence-electron chi connectivity index (χ2n) is 6.96. The third kappa shape index (κ3) is 8.29. The van der Waals surface area contributed by atoms with Crippen molar-refractivity contribution in [2.75, 3.05) is 0 Å². The molecule has 0 bridgehead atoms. The average Bonchev–Trinajstić information content (AvgIpc) is 2.47. The third-order valence-electron chi connectivity index (χ3n) is 5.18. The zero-order valence-electron chi connectivity index (χ0n) is 15.0. The third-order valence-corrected chi connectivity index (χ3v) is 5.18. The fourth-order valence-corrected chi connectivity index (χ4v) is 3.41. The van der Waals surface area contributed by atoms with Gasteiger partial charge >= 0.3 is 0 Å². The lowest BCUT2D eigenvalue weighted by atomic mass is 9.75. The molecule has 122 valence electrons. The minimum Gasteiger partial charge on any atom is -0.325 e. The molecule has 20 heavy (non-hydrogen) atoms. The second kappa shape index (κ2) is 11.6. The van der Waals surface area contributed by atoms with E-state index < -0.39 is 0 Å². The van der Waals surface area contributed by atoms with Crippen molar-refractivity contribution in [3.05, 3.63) is 0 Å². The summed E-state index contributed by atoms with van der Waals surface area (Å²) in [5.41, 5.74) is 6.88. The Kier molecular flexibility index (Phi) is 11.6. The van der Waals surface area contributed by atoms with Gasteiger partial charge in [-0.25, -0.2) is 0 Å². The van der Waals surface area contributed by atoms with Crippen LogP contribution >= 0.6 is 0 Å². The van der Waals surface area contributed by atoms with Gasteiger partial charge in [0.05, 0.1) is 0 Å². The molecule has 0 aliphatic carbocycles. The van der Waals surface area contributed by atoms with Crippen molar-refractivity contribution < 1.29 is 0 Å². The van der Waals surface area contributed by atoms with Crippen LogP contribution in [0.15, 0.2) is 0 Å². The molecule has 0 aromatic carbocycles. The number of nitrogens with two attached hydrogens (primary N) is 1. The number of hydrogen-bond donors (Lipinski definition) is 1. The molecular weight excluding hydrogens is 242 g/mol. The van der Waals surface area contributed by atoms with E-state index >= 15 is 0 Å². The van der Waals surface area contributed by atoms with Gasteiger partial charge in [-0.15, -0.1) is 0 Å². The molecule has 2 unspecified atom stereocenters. The topological polar surface area (TPSA) is 26.0 Å². The highest BCUT2D eigenvalue weighted by Gasteiger charge is 2.28. The van der Waals surface area contributed by atoms with Crippen LogP contribution < -0.4 is 5.73 Å². The summed E-state index contributed by atoms with van der Waals surface area (Å²) >= 11 is 0. The maximum Gasteiger partial charge on any atom is 0.0157 e. The summed E-state index contributed by atoms with van der Waals surface area (Å²) in [6, 6.07) is 0. The van der Waals surface area contributed by atoms with E-state index in [1.165, 1.54) is 64.2 Å². The van der Waals surface area contributed by atoms with Gasteiger partial charge in [-0.1, -0.05) is 86.0 Å². The van der Waals surface area contributed by atoms with Crippen LogP contribution in [-0.2, 0) is 0 Å². The van der Waals surface area contributed by atoms with Gasteiger partial charge in [-0.2, -0.15) is 0 Å². The van der Waals surface area contributed by atoms with E-state index in [4.69, 9.17) is 5.73 Å². The van der Waals surface area contributed by atoms with Gasteiger partial charge in [-0.05, 0) is 31.1 Å². The van der Waals surface area contributed by atoms with Crippen LogP contribution in [0.1, 0.15) is 105 Å². The minimum absolute atomic E-state index is 0.0861. The highest BCUT2D eigenvalue weighted by molar-refractivity contribution is 4.87. The van der Waals surface area contributed by atoms with Crippen LogP contribution in [-0.4, -0.2) is 5.54 Å². The molecule has 1 heteroatoms. The van der Waals surface area contributed by atoms with E-state index in [0.717, 1.165) is 18.3 Å². The van der Waals surface area contributed by atoms with Crippen LogP contribution in [0.25, 0.3) is 0 Å². The lowest BCUT2D eigenvalue weighted by Crippen LogP contribution is -2.43. The summed E-state index contributed by atoms with van der Waals surface area (Å²) in [5.74, 6) is 1.67. The molecule has 0 amide bonds. The summed E-state index contributed by atoms with van der Waals surface area (Å²) < 4.78 is 0. The van der Waals surface area contributed by atoms with E-state index in [1.807, 2.05) is 0 Å². The molecule has 0 aromatic rings. The van der Waals surface area contributed by atoms with E-state index in [2.05, 4.69) is 34.6 Å². The predicted octanol–water partition coefficient (Wildman–Crippen LogP) is 6.31. The molecule has 0 rings (SSSR count). The van der Waals surface area contributed by atoms with Crippen LogP contribution in [0.2, 0.25) is 0 Å². The molecule has 0 radical (unpaired) electrons. The van der Waals surface area contributed by atoms with Crippen LogP contribution in [0.5, 0.6) is 0 Å². The molecule has 0 saturated heterocycles. The van der Waals surface area contributed by atoms with Gasteiger partial charge in [0.1, 0.15) is 0 Å². The standard InChI is InChI=1S/C19H41N/c1-6-11-13-17(8-3)15-19(20,10-5)16-18(9-4)14-12-7-2/h17-18H,6-16,20H2,1-5H3. The summed E-state index contributed by atoms with van der Waals surface area (Å²) in [6.07, 6.45) is 14.3. The van der Waals surface area contributed by atoms with Crippen LogP contribution in [0.4, 0.5) is 0 Å². The van der Waals surface area contributed by atoms with Crippen LogP contribution in [0.3, 0.4) is 0 Å². The first-order valence-electron chi connectivity index (χ1n) is 9.33. The Morgan fingerprint density at radius 3 is 1.40 bits per heavy atom. The first-order chi connectivity index (χ1) is 9.55. The molecule has 2 N–H and O–H groups in total. The molecule has 0 fully saturated rings. The largest absolute Gasteiger partial charge is 0.325 e. The Hall–Kier alpha value is -0.0400. The van der Waals surface area contributed by atoms with Gasteiger partial charge in [0, 0.05) is 5.54 Å². The fourth-order valence-electron chi connectivity index (χ4n) is 3.41. The first-order valence-corrected chi connectivity index (χ1v) is 9.33. The average molecular weight is 284 g/mol. The number of hydrogen-bond acceptors (Lipinski definition) is 1. The predicted molar refractivity (Wildman–Crippen MR) is 93.1 cm³/mol. The molecule has 0 saturated carbocycles. The fraction of sp³-hybridized carbons (Fsp3) is 1.00. The van der Waals surface area contributed by atoms with Crippen molar-refractivity contribution in [1.82, 2.24) is 0 Å². The van der Waals surface area contributed by atoms with Gasteiger partial charge in [0.25, 0.3) is 0 Å². The quantitative estimate of drug-likeness (QED) is 0.421. The summed E-state index contributed by atoms with van der Waals surface area (Å²) in [7, 11) is 0. The van der Waals surface area contributed by atoms with Crippen LogP contribution in [0, 0.1) is 11.8 Å². The van der Waals surface area contributed by atoms with Gasteiger partial charge < -0.3 is 5.73 Å². The van der Waals surface area contributed by atoms with E-state index in [1.54, 1.807) is 0 Å². The molecule has 0 spiro atoms. The summed E-state index contributed by atoms with van der Waals surface area (Å²) in [4.78, 5) is 0. The first kappa shape index (κ1) is 20.0. The van der Waals surface area contributed by atoms with Crippen molar-refractivity contribution >= 4 is 0 Å². The van der Waals surface area contributed by atoms with Crippen molar-refractivity contribution in [3.63, 3.8) is 0 Å². The summed E-state index contributed by atoms with van der Waals surface area (Å²) in [6.45, 7) is 11.6. The zero-order valence-corrected chi connectivity index (χ0v) is 15.0. The Bertz CT molecular complexity index is 194. The number of unbranched alkanes of at least 4 members (excludes halogenated alkanes) is 2. The lowest BCUT2D eigenvalue weighted by molar-refractivity contribution is 0.224. The Morgan fingerprint density at radius 1 is 0.750 bits per heavy atom. The Balaban J connectivity index is 4.47. The van der Waals surface area contributed by atoms with Gasteiger partial charge in [-0.3, -0.25) is 0 Å². The van der Waals surface area contributed by atoms with Crippen molar-refractivity contribution in [2.45, 2.75) is 111 Å². The second-order valence-corrected chi connectivity index (χ2v) is 6.96. The SMILES string of the molecule is CCCCC(CC)CC(N)(CC)CC(CC)CCCC. The van der Waals surface area contributed by atoms with Crippen molar-refractivity contribution in [2.24, 2.45) is 17.6 Å². The monoisotopic (exact) mass is 283 g/mol. The smallest absolute Gasteiger partial charge is 0.0157 e. The van der Waals surface area contributed by atoms with Crippen molar-refractivity contribution in [1.29, 1.82) is 0 Å². The molecule has 0 aliphatic rings. The molecular formula is C19H41N. The molecule has 0 aromatic heterocycles. The van der Waals surface area contributed by atoms with E-state index in [0.29, 0.717) is 0 Å². The highest BCUT2D eigenvalue weighted by atomic mass is 14.7. The van der Waals surface area contributed by atoms with Crippen molar-refractivity contribution in [3.8, 4) is 0 Å².